The van der Waals surface area contributed by atoms with Gasteiger partial charge in [0.2, 0.25) is 0 Å². The van der Waals surface area contributed by atoms with Gasteiger partial charge in [0.15, 0.2) is 5.84 Å². The van der Waals surface area contributed by atoms with E-state index in [1.165, 1.54) is 0 Å². The zero-order valence-electron chi connectivity index (χ0n) is 9.76. The zero-order valence-corrected chi connectivity index (χ0v) is 10.5. The molecular weight excluding hydrogens is 242 g/mol. The van der Waals surface area contributed by atoms with E-state index >= 15 is 0 Å². The Balaban J connectivity index is 2.72. The molecule has 0 heterocycles. The van der Waals surface area contributed by atoms with Gasteiger partial charge in [0.1, 0.15) is 0 Å². The molecule has 0 aliphatic carbocycles. The van der Waals surface area contributed by atoms with Gasteiger partial charge in [-0.15, -0.1) is 0 Å². The van der Waals surface area contributed by atoms with E-state index in [0.29, 0.717) is 17.4 Å². The molecule has 1 rings (SSSR count). The van der Waals surface area contributed by atoms with Crippen LogP contribution < -0.4 is 0 Å². The minimum absolute atomic E-state index is 0.263. The van der Waals surface area contributed by atoms with Gasteiger partial charge in [-0.3, -0.25) is 15.1 Å². The number of amidine groups is 1. The molecule has 6 heteroatoms. The van der Waals surface area contributed by atoms with Gasteiger partial charge in [-0.2, -0.15) is 0 Å². The second-order valence-corrected chi connectivity index (χ2v) is 4.18. The first-order chi connectivity index (χ1) is 7.99. The smallest absolute Gasteiger partial charge is 0.260 e. The van der Waals surface area contributed by atoms with Crippen molar-refractivity contribution in [2.24, 2.45) is 4.99 Å². The number of hydrogen-bond donors (Lipinski definition) is 0. The molecule has 0 aromatic heterocycles. The highest BCUT2D eigenvalue weighted by molar-refractivity contribution is 6.30. The van der Waals surface area contributed by atoms with Crippen LogP contribution in [0.4, 0.5) is 0 Å². The van der Waals surface area contributed by atoms with E-state index in [2.05, 4.69) is 4.99 Å². The highest BCUT2D eigenvalue weighted by atomic mass is 35.5. The maximum atomic E-state index is 10.5. The number of aliphatic imine (C=N–C) groups is 1. The molecule has 0 radical (unpaired) electrons. The fourth-order valence-corrected chi connectivity index (χ4v) is 1.35. The van der Waals surface area contributed by atoms with E-state index in [9.17, 15) is 10.1 Å². The number of rotatable bonds is 4. The summed E-state index contributed by atoms with van der Waals surface area (Å²) in [7, 11) is 3.48. The Kier molecular flexibility index (Phi) is 4.90. The highest BCUT2D eigenvalue weighted by Crippen LogP contribution is 2.10. The van der Waals surface area contributed by atoms with Crippen molar-refractivity contribution >= 4 is 17.4 Å². The number of hydrogen-bond acceptors (Lipinski definition) is 3. The fourth-order valence-electron chi connectivity index (χ4n) is 1.22. The van der Waals surface area contributed by atoms with Crippen molar-refractivity contribution in [3.05, 3.63) is 45.0 Å². The minimum atomic E-state index is -0.388. The molecule has 0 saturated carbocycles. The van der Waals surface area contributed by atoms with Gasteiger partial charge < -0.3 is 4.90 Å². The zero-order chi connectivity index (χ0) is 12.8. The molecule has 0 aliphatic rings. The van der Waals surface area contributed by atoms with Crippen molar-refractivity contribution in [3.63, 3.8) is 0 Å². The summed E-state index contributed by atoms with van der Waals surface area (Å²) < 4.78 is 0. The Labute approximate surface area is 105 Å². The lowest BCUT2D eigenvalue weighted by atomic mass is 10.2. The van der Waals surface area contributed by atoms with Crippen molar-refractivity contribution in [1.82, 2.24) is 4.90 Å². The lowest BCUT2D eigenvalue weighted by molar-refractivity contribution is -0.464. The SMILES string of the molecule is CN(C)C(C[N+](=O)[O-])=NCc1ccc(Cl)cc1. The Hall–Kier alpha value is -1.62. The quantitative estimate of drug-likeness (QED) is 0.358. The highest BCUT2D eigenvalue weighted by Gasteiger charge is 2.09. The Morgan fingerprint density at radius 2 is 2.00 bits per heavy atom. The summed E-state index contributed by atoms with van der Waals surface area (Å²) in [6, 6.07) is 7.25. The second kappa shape index (κ2) is 6.20. The van der Waals surface area contributed by atoms with Crippen LogP contribution in [0.25, 0.3) is 0 Å². The number of nitrogens with zero attached hydrogens (tertiary/aromatic N) is 3. The maximum absolute atomic E-state index is 10.5. The normalized spacial score (nSPS) is 11.4. The molecule has 5 nitrogen and oxygen atoms in total. The first-order valence-corrected chi connectivity index (χ1v) is 5.43. The monoisotopic (exact) mass is 255 g/mol. The van der Waals surface area contributed by atoms with Crippen molar-refractivity contribution < 1.29 is 4.92 Å². The van der Waals surface area contributed by atoms with E-state index < -0.39 is 0 Å². The summed E-state index contributed by atoms with van der Waals surface area (Å²) in [6.07, 6.45) is 0. The summed E-state index contributed by atoms with van der Waals surface area (Å²) in [5, 5.41) is 11.1. The average Bonchev–Trinajstić information content (AvgIpc) is 2.25. The molecule has 0 unspecified atom stereocenters. The molecule has 1 aromatic carbocycles. The Morgan fingerprint density at radius 1 is 1.41 bits per heavy atom. The van der Waals surface area contributed by atoms with Crippen LogP contribution in [0.5, 0.6) is 0 Å². The van der Waals surface area contributed by atoms with E-state index in [1.807, 2.05) is 12.1 Å². The largest absolute Gasteiger partial charge is 0.361 e. The summed E-state index contributed by atoms with van der Waals surface area (Å²) >= 11 is 5.76. The van der Waals surface area contributed by atoms with Gasteiger partial charge in [0.25, 0.3) is 6.54 Å². The molecule has 0 aliphatic heterocycles. The van der Waals surface area contributed by atoms with Crippen molar-refractivity contribution in [2.45, 2.75) is 6.54 Å². The minimum Gasteiger partial charge on any atom is -0.361 e. The summed E-state index contributed by atoms with van der Waals surface area (Å²) in [5.74, 6) is 0.449. The van der Waals surface area contributed by atoms with E-state index in [1.54, 1.807) is 31.1 Å². The molecule has 0 saturated heterocycles. The van der Waals surface area contributed by atoms with Crippen LogP contribution in [0.1, 0.15) is 5.56 Å². The van der Waals surface area contributed by atoms with Crippen LogP contribution >= 0.6 is 11.6 Å². The van der Waals surface area contributed by atoms with Gasteiger partial charge in [-0.25, -0.2) is 0 Å². The number of likely N-dealkylation sites (N-methyl/N-ethyl adjacent to an activating group) is 1. The summed E-state index contributed by atoms with van der Waals surface area (Å²) in [6.45, 7) is 0.152. The van der Waals surface area contributed by atoms with Crippen molar-refractivity contribution in [1.29, 1.82) is 0 Å². The molecule has 1 aromatic rings. The maximum Gasteiger partial charge on any atom is 0.260 e. The van der Waals surface area contributed by atoms with Crippen LogP contribution in [-0.2, 0) is 6.54 Å². The van der Waals surface area contributed by atoms with E-state index in [4.69, 9.17) is 11.6 Å². The first-order valence-electron chi connectivity index (χ1n) is 5.06. The van der Waals surface area contributed by atoms with Gasteiger partial charge in [0.05, 0.1) is 6.54 Å². The third kappa shape index (κ3) is 4.82. The van der Waals surface area contributed by atoms with Crippen molar-refractivity contribution in [3.8, 4) is 0 Å². The van der Waals surface area contributed by atoms with Crippen LogP contribution in [0.15, 0.2) is 29.3 Å². The lowest BCUT2D eigenvalue weighted by Gasteiger charge is -2.12. The van der Waals surface area contributed by atoms with Crippen LogP contribution in [0, 0.1) is 10.1 Å². The molecule has 0 bridgehead atoms. The van der Waals surface area contributed by atoms with Crippen LogP contribution in [0.2, 0.25) is 5.02 Å². The molecule has 17 heavy (non-hydrogen) atoms. The summed E-state index contributed by atoms with van der Waals surface area (Å²) in [5.41, 5.74) is 0.970. The predicted octanol–water partition coefficient (Wildman–Crippen LogP) is 2.08. The Morgan fingerprint density at radius 3 is 2.47 bits per heavy atom. The lowest BCUT2D eigenvalue weighted by Crippen LogP contribution is -2.29. The number of benzene rings is 1. The number of nitro groups is 1. The molecule has 0 N–H and O–H groups in total. The van der Waals surface area contributed by atoms with Crippen LogP contribution in [0.3, 0.4) is 0 Å². The topological polar surface area (TPSA) is 58.7 Å². The average molecular weight is 256 g/mol. The molecule has 92 valence electrons. The molecule has 0 atom stereocenters. The fraction of sp³-hybridized carbons (Fsp3) is 0.364. The van der Waals surface area contributed by atoms with Gasteiger partial charge >= 0.3 is 0 Å². The molecular formula is C11H14ClN3O2. The third-order valence-corrected chi connectivity index (χ3v) is 2.40. The number of halogens is 1. The van der Waals surface area contributed by atoms with Gasteiger partial charge in [-0.05, 0) is 17.7 Å². The molecule has 0 fully saturated rings. The standard InChI is InChI=1S/C11H14ClN3O2/c1-14(2)11(8-15(16)17)13-7-9-3-5-10(12)6-4-9/h3-6H,7-8H2,1-2H3. The second-order valence-electron chi connectivity index (χ2n) is 3.74. The Bertz CT molecular complexity index is 415. The van der Waals surface area contributed by atoms with E-state index in [0.717, 1.165) is 5.56 Å². The predicted molar refractivity (Wildman–Crippen MR) is 68.1 cm³/mol. The third-order valence-electron chi connectivity index (χ3n) is 2.14. The van der Waals surface area contributed by atoms with Gasteiger partial charge in [-0.1, -0.05) is 23.7 Å². The first kappa shape index (κ1) is 13.4. The van der Waals surface area contributed by atoms with E-state index in [-0.39, 0.29) is 11.5 Å². The van der Waals surface area contributed by atoms with Gasteiger partial charge in [0, 0.05) is 24.0 Å². The molecule has 0 amide bonds. The van der Waals surface area contributed by atoms with Crippen molar-refractivity contribution in [2.75, 3.05) is 20.6 Å². The summed E-state index contributed by atoms with van der Waals surface area (Å²) in [4.78, 5) is 15.9. The van der Waals surface area contributed by atoms with Crippen LogP contribution in [-0.4, -0.2) is 36.3 Å². The molecule has 0 spiro atoms.